The molecule has 0 saturated heterocycles. The van der Waals surface area contributed by atoms with Crippen LogP contribution < -0.4 is 10.6 Å². The molecule has 0 radical (unpaired) electrons. The van der Waals surface area contributed by atoms with Crippen molar-refractivity contribution in [3.05, 3.63) is 23.9 Å². The van der Waals surface area contributed by atoms with Crippen molar-refractivity contribution in [2.24, 2.45) is 0 Å². The molecular weight excluding hydrogens is 254 g/mol. The third-order valence-electron chi connectivity index (χ3n) is 3.67. The number of anilines is 1. The Balaban J connectivity index is 1.91. The van der Waals surface area contributed by atoms with E-state index >= 15 is 0 Å². The van der Waals surface area contributed by atoms with Crippen LogP contribution in [0.1, 0.15) is 43.0 Å². The van der Waals surface area contributed by atoms with Gasteiger partial charge in [-0.05, 0) is 44.7 Å². The van der Waals surface area contributed by atoms with Gasteiger partial charge in [-0.1, -0.05) is 0 Å². The van der Waals surface area contributed by atoms with Crippen LogP contribution in [0.15, 0.2) is 18.3 Å². The Morgan fingerprint density at radius 2 is 2.30 bits per heavy atom. The van der Waals surface area contributed by atoms with Gasteiger partial charge in [0.1, 0.15) is 5.82 Å². The van der Waals surface area contributed by atoms with E-state index in [1.165, 1.54) is 6.42 Å². The molecule has 0 spiro atoms. The minimum atomic E-state index is -0.0799. The maximum atomic E-state index is 11.6. The molecule has 1 heterocycles. The number of rotatable bonds is 5. The number of nitrogens with one attached hydrogen (secondary N) is 2. The highest BCUT2D eigenvalue weighted by Gasteiger charge is 2.21. The molecule has 0 bridgehead atoms. The van der Waals surface area contributed by atoms with Crippen LogP contribution in [-0.4, -0.2) is 36.7 Å². The molecule has 1 amide bonds. The van der Waals surface area contributed by atoms with E-state index in [1.54, 1.807) is 19.4 Å². The number of ether oxygens (including phenoxy) is 1. The molecule has 1 fully saturated rings. The van der Waals surface area contributed by atoms with E-state index < -0.39 is 0 Å². The minimum absolute atomic E-state index is 0.0799. The van der Waals surface area contributed by atoms with E-state index in [9.17, 15) is 4.79 Å². The molecule has 2 atom stereocenters. The molecule has 20 heavy (non-hydrogen) atoms. The minimum Gasteiger partial charge on any atom is -0.381 e. The van der Waals surface area contributed by atoms with Crippen LogP contribution in [0.2, 0.25) is 0 Å². The summed E-state index contributed by atoms with van der Waals surface area (Å²) in [6.07, 6.45) is 6.42. The zero-order chi connectivity index (χ0) is 14.4. The van der Waals surface area contributed by atoms with Gasteiger partial charge in [0.05, 0.1) is 11.7 Å². The molecule has 2 unspecified atom stereocenters. The fourth-order valence-corrected chi connectivity index (χ4v) is 2.58. The summed E-state index contributed by atoms with van der Waals surface area (Å²) in [6, 6.07) is 4.06. The van der Waals surface area contributed by atoms with Crippen LogP contribution in [0, 0.1) is 0 Å². The number of hydrogen-bond acceptors (Lipinski definition) is 4. The average Bonchev–Trinajstić information content (AvgIpc) is 2.48. The largest absolute Gasteiger partial charge is 0.381 e. The predicted molar refractivity (Wildman–Crippen MR) is 78.9 cm³/mol. The van der Waals surface area contributed by atoms with E-state index in [2.05, 4.69) is 15.6 Å². The Hall–Kier alpha value is -1.62. The highest BCUT2D eigenvalue weighted by molar-refractivity contribution is 5.93. The molecule has 2 N–H and O–H groups in total. The quantitative estimate of drug-likeness (QED) is 0.866. The first-order valence-corrected chi connectivity index (χ1v) is 7.26. The molecule has 1 saturated carbocycles. The smallest absolute Gasteiger partial charge is 0.252 e. The maximum absolute atomic E-state index is 11.6. The number of carbonyl (C=O) groups is 1. The summed E-state index contributed by atoms with van der Waals surface area (Å²) >= 11 is 0. The molecule has 110 valence electrons. The van der Waals surface area contributed by atoms with Crippen molar-refractivity contribution in [2.75, 3.05) is 19.0 Å². The van der Waals surface area contributed by atoms with Gasteiger partial charge in [-0.2, -0.15) is 0 Å². The van der Waals surface area contributed by atoms with Gasteiger partial charge in [0.25, 0.3) is 5.91 Å². The number of hydrogen-bond donors (Lipinski definition) is 2. The van der Waals surface area contributed by atoms with Gasteiger partial charge in [-0.15, -0.1) is 0 Å². The van der Waals surface area contributed by atoms with Crippen molar-refractivity contribution in [1.29, 1.82) is 0 Å². The first-order chi connectivity index (χ1) is 9.72. The monoisotopic (exact) mass is 277 g/mol. The Morgan fingerprint density at radius 3 is 2.95 bits per heavy atom. The Kier molecular flexibility index (Phi) is 5.35. The predicted octanol–water partition coefficient (Wildman–Crippen LogP) is 2.20. The number of nitrogens with zero attached hydrogens (tertiary/aromatic N) is 1. The molecule has 1 aliphatic rings. The average molecular weight is 277 g/mol. The molecule has 0 aliphatic heterocycles. The van der Waals surface area contributed by atoms with Crippen molar-refractivity contribution in [3.8, 4) is 0 Å². The van der Waals surface area contributed by atoms with Gasteiger partial charge in [0.15, 0.2) is 0 Å². The first kappa shape index (κ1) is 14.8. The lowest BCUT2D eigenvalue weighted by molar-refractivity contribution is 0.0669. The van der Waals surface area contributed by atoms with Crippen LogP contribution in [0.3, 0.4) is 0 Å². The number of pyridine rings is 1. The van der Waals surface area contributed by atoms with E-state index in [-0.39, 0.29) is 5.91 Å². The number of amides is 1. The van der Waals surface area contributed by atoms with Crippen LogP contribution in [0.5, 0.6) is 0 Å². The molecule has 1 aliphatic carbocycles. The van der Waals surface area contributed by atoms with Gasteiger partial charge in [0, 0.05) is 25.9 Å². The summed E-state index contributed by atoms with van der Waals surface area (Å²) in [6.45, 7) is 2.52. The van der Waals surface area contributed by atoms with Gasteiger partial charge in [-0.25, -0.2) is 4.98 Å². The molecular formula is C15H23N3O2. The van der Waals surface area contributed by atoms with Crippen LogP contribution in [0.25, 0.3) is 0 Å². The highest BCUT2D eigenvalue weighted by Crippen LogP contribution is 2.23. The van der Waals surface area contributed by atoms with Gasteiger partial charge in [-0.3, -0.25) is 4.79 Å². The van der Waals surface area contributed by atoms with Gasteiger partial charge < -0.3 is 15.4 Å². The van der Waals surface area contributed by atoms with Gasteiger partial charge in [0.2, 0.25) is 0 Å². The van der Waals surface area contributed by atoms with Crippen molar-refractivity contribution < 1.29 is 9.53 Å². The van der Waals surface area contributed by atoms with Crippen molar-refractivity contribution in [2.45, 2.75) is 44.8 Å². The zero-order valence-corrected chi connectivity index (χ0v) is 12.2. The number of carbonyl (C=O) groups excluding carboxylic acids is 1. The lowest BCUT2D eigenvalue weighted by atomic mass is 9.93. The summed E-state index contributed by atoms with van der Waals surface area (Å²) < 4.78 is 5.42. The molecule has 1 aromatic rings. The van der Waals surface area contributed by atoms with Crippen LogP contribution in [0.4, 0.5) is 5.82 Å². The molecule has 2 rings (SSSR count). The standard InChI is InChI=1S/C15H23N3O2/c1-3-16-15(19)11-7-8-14(17-10-11)18-12-5-4-6-13(9-12)20-2/h7-8,10,12-13H,3-6,9H2,1-2H3,(H,16,19)(H,17,18). The van der Waals surface area contributed by atoms with Crippen molar-refractivity contribution in [3.63, 3.8) is 0 Å². The van der Waals surface area contributed by atoms with E-state index in [1.807, 2.05) is 13.0 Å². The lowest BCUT2D eigenvalue weighted by Gasteiger charge is -2.29. The molecule has 1 aromatic heterocycles. The summed E-state index contributed by atoms with van der Waals surface area (Å²) in [5.74, 6) is 0.739. The Labute approximate surface area is 120 Å². The second-order valence-electron chi connectivity index (χ2n) is 5.16. The van der Waals surface area contributed by atoms with Crippen LogP contribution in [-0.2, 0) is 4.74 Å². The third kappa shape index (κ3) is 3.93. The second kappa shape index (κ2) is 7.24. The maximum Gasteiger partial charge on any atom is 0.252 e. The number of aromatic nitrogens is 1. The van der Waals surface area contributed by atoms with Gasteiger partial charge >= 0.3 is 0 Å². The Bertz CT molecular complexity index is 433. The summed E-state index contributed by atoms with van der Waals surface area (Å²) in [5.41, 5.74) is 0.593. The normalized spacial score (nSPS) is 22.3. The second-order valence-corrected chi connectivity index (χ2v) is 5.16. The van der Waals surface area contributed by atoms with Crippen molar-refractivity contribution in [1.82, 2.24) is 10.3 Å². The summed E-state index contributed by atoms with van der Waals surface area (Å²) in [5, 5.41) is 6.18. The van der Waals surface area contributed by atoms with E-state index in [0.717, 1.165) is 25.1 Å². The van der Waals surface area contributed by atoms with Crippen LogP contribution >= 0.6 is 0 Å². The molecule has 5 heteroatoms. The SMILES string of the molecule is CCNC(=O)c1ccc(NC2CCCC(OC)C2)nc1. The first-order valence-electron chi connectivity index (χ1n) is 7.26. The fourth-order valence-electron chi connectivity index (χ4n) is 2.58. The summed E-state index contributed by atoms with van der Waals surface area (Å²) in [4.78, 5) is 16.0. The van der Waals surface area contributed by atoms with Crippen molar-refractivity contribution >= 4 is 11.7 Å². The molecule has 0 aromatic carbocycles. The number of methoxy groups -OCH3 is 1. The fraction of sp³-hybridized carbons (Fsp3) is 0.600. The zero-order valence-electron chi connectivity index (χ0n) is 12.2. The lowest BCUT2D eigenvalue weighted by Crippen LogP contribution is -2.31. The summed E-state index contributed by atoms with van der Waals surface area (Å²) in [7, 11) is 1.77. The van der Waals surface area contributed by atoms with E-state index in [0.29, 0.717) is 24.3 Å². The Morgan fingerprint density at radius 1 is 1.45 bits per heavy atom. The highest BCUT2D eigenvalue weighted by atomic mass is 16.5. The topological polar surface area (TPSA) is 63.2 Å². The molecule has 5 nitrogen and oxygen atoms in total. The van der Waals surface area contributed by atoms with E-state index in [4.69, 9.17) is 4.74 Å². The third-order valence-corrected chi connectivity index (χ3v) is 3.67.